The second kappa shape index (κ2) is 5.25. The Balaban J connectivity index is 2.79. The third-order valence-electron chi connectivity index (χ3n) is 2.74. The fourth-order valence-electron chi connectivity index (χ4n) is 1.67. The fourth-order valence-corrected chi connectivity index (χ4v) is 3.68. The van der Waals surface area contributed by atoms with Crippen LogP contribution in [0, 0.1) is 0 Å². The van der Waals surface area contributed by atoms with Gasteiger partial charge >= 0.3 is 0 Å². The number of hydrogen-bond acceptors (Lipinski definition) is 4. The molecule has 0 amide bonds. The van der Waals surface area contributed by atoms with E-state index >= 15 is 0 Å². The minimum atomic E-state index is -3.31. The Hall–Kier alpha value is -0.170. The molecule has 0 spiro atoms. The standard InChI is InChI=1S/C9H20N2O3S/c1-2-9(7-10)15(13,14)11(5-6-12)8-3-4-8/h8-9,12H,2-7,10H2,1H3. The molecule has 1 aliphatic rings. The topological polar surface area (TPSA) is 83.6 Å². The Kier molecular flexibility index (Phi) is 4.51. The van der Waals surface area contributed by atoms with Gasteiger partial charge in [0.2, 0.25) is 10.0 Å². The van der Waals surface area contributed by atoms with Gasteiger partial charge in [-0.15, -0.1) is 0 Å². The summed E-state index contributed by atoms with van der Waals surface area (Å²) in [5.74, 6) is 0. The Morgan fingerprint density at radius 2 is 2.13 bits per heavy atom. The van der Waals surface area contributed by atoms with Crippen molar-refractivity contribution in [2.75, 3.05) is 19.7 Å². The molecule has 0 aromatic carbocycles. The first kappa shape index (κ1) is 12.9. The first-order valence-electron chi connectivity index (χ1n) is 5.39. The number of aliphatic hydroxyl groups is 1. The largest absolute Gasteiger partial charge is 0.395 e. The van der Waals surface area contributed by atoms with Gasteiger partial charge in [0, 0.05) is 19.1 Å². The quantitative estimate of drug-likeness (QED) is 0.625. The van der Waals surface area contributed by atoms with E-state index in [0.717, 1.165) is 12.8 Å². The molecule has 1 atom stereocenters. The second-order valence-corrected chi connectivity index (χ2v) is 6.04. The highest BCUT2D eigenvalue weighted by Gasteiger charge is 2.39. The monoisotopic (exact) mass is 236 g/mol. The Bertz CT molecular complexity index is 284. The van der Waals surface area contributed by atoms with Gasteiger partial charge in [-0.25, -0.2) is 8.42 Å². The van der Waals surface area contributed by atoms with Gasteiger partial charge in [0.1, 0.15) is 0 Å². The summed E-state index contributed by atoms with van der Waals surface area (Å²) in [7, 11) is -3.31. The van der Waals surface area contributed by atoms with Crippen molar-refractivity contribution in [2.24, 2.45) is 5.73 Å². The van der Waals surface area contributed by atoms with E-state index in [1.807, 2.05) is 6.92 Å². The summed E-state index contributed by atoms with van der Waals surface area (Å²) < 4.78 is 25.6. The van der Waals surface area contributed by atoms with Crippen LogP contribution in [0.25, 0.3) is 0 Å². The molecule has 1 saturated carbocycles. The first-order valence-corrected chi connectivity index (χ1v) is 6.89. The van der Waals surface area contributed by atoms with Crippen LogP contribution in [-0.2, 0) is 10.0 Å². The molecular weight excluding hydrogens is 216 g/mol. The van der Waals surface area contributed by atoms with Crippen LogP contribution in [0.2, 0.25) is 0 Å². The lowest BCUT2D eigenvalue weighted by molar-refractivity contribution is 0.249. The van der Waals surface area contributed by atoms with Crippen molar-refractivity contribution in [3.05, 3.63) is 0 Å². The molecular formula is C9H20N2O3S. The highest BCUT2D eigenvalue weighted by atomic mass is 32.2. The summed E-state index contributed by atoms with van der Waals surface area (Å²) in [6.07, 6.45) is 2.33. The molecule has 0 aromatic heterocycles. The number of nitrogens with two attached hydrogens (primary N) is 1. The lowest BCUT2D eigenvalue weighted by atomic mass is 10.3. The number of nitrogens with zero attached hydrogens (tertiary/aromatic N) is 1. The van der Waals surface area contributed by atoms with Crippen LogP contribution in [0.4, 0.5) is 0 Å². The Labute approximate surface area is 91.3 Å². The molecule has 0 aliphatic heterocycles. The average molecular weight is 236 g/mol. The Morgan fingerprint density at radius 3 is 2.47 bits per heavy atom. The number of rotatable bonds is 7. The summed E-state index contributed by atoms with van der Waals surface area (Å²) >= 11 is 0. The summed E-state index contributed by atoms with van der Waals surface area (Å²) in [4.78, 5) is 0. The van der Waals surface area contributed by atoms with Crippen LogP contribution in [0.3, 0.4) is 0 Å². The van der Waals surface area contributed by atoms with E-state index in [1.165, 1.54) is 4.31 Å². The van der Waals surface area contributed by atoms with E-state index in [2.05, 4.69) is 0 Å². The van der Waals surface area contributed by atoms with Crippen molar-refractivity contribution in [3.63, 3.8) is 0 Å². The van der Waals surface area contributed by atoms with E-state index in [9.17, 15) is 8.42 Å². The summed E-state index contributed by atoms with van der Waals surface area (Å²) in [5.41, 5.74) is 5.46. The molecule has 0 radical (unpaired) electrons. The number of aliphatic hydroxyl groups excluding tert-OH is 1. The molecule has 5 nitrogen and oxygen atoms in total. The number of sulfonamides is 1. The van der Waals surface area contributed by atoms with Crippen molar-refractivity contribution in [1.29, 1.82) is 0 Å². The van der Waals surface area contributed by atoms with Gasteiger partial charge in [0.15, 0.2) is 0 Å². The predicted octanol–water partition coefficient (Wildman–Crippen LogP) is -0.490. The maximum absolute atomic E-state index is 12.1. The van der Waals surface area contributed by atoms with Crippen molar-refractivity contribution < 1.29 is 13.5 Å². The van der Waals surface area contributed by atoms with Gasteiger partial charge in [0.05, 0.1) is 11.9 Å². The van der Waals surface area contributed by atoms with Gasteiger partial charge in [-0.1, -0.05) is 6.92 Å². The fraction of sp³-hybridized carbons (Fsp3) is 1.00. The van der Waals surface area contributed by atoms with E-state index in [-0.39, 0.29) is 25.7 Å². The second-order valence-electron chi connectivity index (χ2n) is 3.88. The average Bonchev–Trinajstić information content (AvgIpc) is 2.98. The zero-order valence-electron chi connectivity index (χ0n) is 9.09. The maximum atomic E-state index is 12.1. The SMILES string of the molecule is CCC(CN)S(=O)(=O)N(CCO)C1CC1. The van der Waals surface area contributed by atoms with Crippen molar-refractivity contribution >= 4 is 10.0 Å². The Morgan fingerprint density at radius 1 is 1.53 bits per heavy atom. The zero-order chi connectivity index (χ0) is 11.5. The van der Waals surface area contributed by atoms with Gasteiger partial charge in [-0.05, 0) is 19.3 Å². The van der Waals surface area contributed by atoms with Crippen molar-refractivity contribution in [1.82, 2.24) is 4.31 Å². The minimum absolute atomic E-state index is 0.0998. The zero-order valence-corrected chi connectivity index (χ0v) is 9.91. The number of hydrogen-bond donors (Lipinski definition) is 2. The van der Waals surface area contributed by atoms with Gasteiger partial charge in [-0.3, -0.25) is 0 Å². The molecule has 0 bridgehead atoms. The molecule has 3 N–H and O–H groups in total. The van der Waals surface area contributed by atoms with Crippen LogP contribution in [-0.4, -0.2) is 48.8 Å². The van der Waals surface area contributed by atoms with Crippen molar-refractivity contribution in [2.45, 2.75) is 37.5 Å². The van der Waals surface area contributed by atoms with Crippen LogP contribution in [0.1, 0.15) is 26.2 Å². The van der Waals surface area contributed by atoms with Gasteiger partial charge in [-0.2, -0.15) is 4.31 Å². The third kappa shape index (κ3) is 2.90. The van der Waals surface area contributed by atoms with E-state index < -0.39 is 15.3 Å². The summed E-state index contributed by atoms with van der Waals surface area (Å²) in [6, 6.07) is 0.0998. The molecule has 15 heavy (non-hydrogen) atoms. The first-order chi connectivity index (χ1) is 7.07. The molecule has 1 fully saturated rings. The molecule has 0 aromatic rings. The molecule has 1 unspecified atom stereocenters. The van der Waals surface area contributed by atoms with E-state index in [4.69, 9.17) is 10.8 Å². The summed E-state index contributed by atoms with van der Waals surface area (Å²) in [5, 5.41) is 8.36. The third-order valence-corrected chi connectivity index (χ3v) is 5.24. The van der Waals surface area contributed by atoms with Crippen LogP contribution >= 0.6 is 0 Å². The lowest BCUT2D eigenvalue weighted by Crippen LogP contribution is -2.44. The molecule has 6 heteroatoms. The van der Waals surface area contributed by atoms with Crippen molar-refractivity contribution in [3.8, 4) is 0 Å². The van der Waals surface area contributed by atoms with E-state index in [1.54, 1.807) is 0 Å². The van der Waals surface area contributed by atoms with Crippen LogP contribution in [0.5, 0.6) is 0 Å². The van der Waals surface area contributed by atoms with Crippen LogP contribution < -0.4 is 5.73 Å². The van der Waals surface area contributed by atoms with Gasteiger partial charge < -0.3 is 10.8 Å². The molecule has 0 heterocycles. The van der Waals surface area contributed by atoms with E-state index in [0.29, 0.717) is 6.42 Å². The summed E-state index contributed by atoms with van der Waals surface area (Å²) in [6.45, 7) is 2.03. The molecule has 90 valence electrons. The van der Waals surface area contributed by atoms with Crippen LogP contribution in [0.15, 0.2) is 0 Å². The molecule has 1 aliphatic carbocycles. The normalized spacial score (nSPS) is 19.5. The predicted molar refractivity (Wildman–Crippen MR) is 58.9 cm³/mol. The molecule has 1 rings (SSSR count). The lowest BCUT2D eigenvalue weighted by Gasteiger charge is -2.25. The highest BCUT2D eigenvalue weighted by Crippen LogP contribution is 2.30. The maximum Gasteiger partial charge on any atom is 0.218 e. The minimum Gasteiger partial charge on any atom is -0.395 e. The molecule has 0 saturated heterocycles. The van der Waals surface area contributed by atoms with Gasteiger partial charge in [0.25, 0.3) is 0 Å². The smallest absolute Gasteiger partial charge is 0.218 e. The highest BCUT2D eigenvalue weighted by molar-refractivity contribution is 7.89.